The van der Waals surface area contributed by atoms with Crippen molar-refractivity contribution in [2.24, 2.45) is 0 Å². The summed E-state index contributed by atoms with van der Waals surface area (Å²) >= 11 is 0. The number of rotatable bonds is 7. The average Bonchev–Trinajstić information content (AvgIpc) is 2.73. The second-order valence-electron chi connectivity index (χ2n) is 6.58. The lowest BCUT2D eigenvalue weighted by molar-refractivity contribution is 0.103. The Kier molecular flexibility index (Phi) is 6.10. The van der Waals surface area contributed by atoms with Crippen LogP contribution in [0, 0.1) is 5.82 Å². The van der Waals surface area contributed by atoms with Crippen LogP contribution >= 0.6 is 0 Å². The second-order valence-corrected chi connectivity index (χ2v) is 8.74. The molecule has 0 amide bonds. The van der Waals surface area contributed by atoms with Gasteiger partial charge in [-0.1, -0.05) is 12.1 Å². The van der Waals surface area contributed by atoms with Gasteiger partial charge in [0.05, 0.1) is 4.90 Å². The molecule has 0 unspecified atom stereocenters. The van der Waals surface area contributed by atoms with Crippen molar-refractivity contribution < 1.29 is 22.3 Å². The van der Waals surface area contributed by atoms with Crippen molar-refractivity contribution in [1.29, 1.82) is 0 Å². The van der Waals surface area contributed by atoms with Crippen molar-refractivity contribution >= 4 is 15.8 Å². The molecular weight excluding hydrogens is 393 g/mol. The largest absolute Gasteiger partial charge is 0.489 e. The Morgan fingerprint density at radius 3 is 2.10 bits per heavy atom. The van der Waals surface area contributed by atoms with E-state index in [1.165, 1.54) is 44.4 Å². The van der Waals surface area contributed by atoms with Crippen LogP contribution in [0.1, 0.15) is 21.5 Å². The summed E-state index contributed by atoms with van der Waals surface area (Å²) in [6, 6.07) is 18.5. The van der Waals surface area contributed by atoms with Crippen molar-refractivity contribution in [1.82, 2.24) is 4.31 Å². The maximum atomic E-state index is 13.0. The molecule has 7 heteroatoms. The Bertz CT molecular complexity index is 1110. The molecule has 0 aliphatic rings. The van der Waals surface area contributed by atoms with Gasteiger partial charge >= 0.3 is 0 Å². The van der Waals surface area contributed by atoms with Crippen LogP contribution in [0.4, 0.5) is 4.39 Å². The highest BCUT2D eigenvalue weighted by atomic mass is 32.2. The zero-order chi connectivity index (χ0) is 21.0. The molecule has 0 aliphatic carbocycles. The summed E-state index contributed by atoms with van der Waals surface area (Å²) in [4.78, 5) is 12.6. The maximum absolute atomic E-state index is 13.0. The molecule has 0 saturated heterocycles. The van der Waals surface area contributed by atoms with Gasteiger partial charge in [0.25, 0.3) is 0 Å². The standard InChI is InChI=1S/C22H20FNO4S/c1-24(2)29(26,27)21-5-3-4-16(14-21)15-28-20-12-8-18(9-13-20)22(25)17-6-10-19(23)11-7-17/h3-14H,15H2,1-2H3. The van der Waals surface area contributed by atoms with Crippen molar-refractivity contribution in [3.63, 3.8) is 0 Å². The van der Waals surface area contributed by atoms with E-state index in [1.807, 2.05) is 0 Å². The van der Waals surface area contributed by atoms with Crippen LogP contribution in [0.15, 0.2) is 77.7 Å². The molecule has 0 spiro atoms. The fourth-order valence-corrected chi connectivity index (χ4v) is 3.62. The number of hydrogen-bond acceptors (Lipinski definition) is 4. The predicted octanol–water partition coefficient (Wildman–Crippen LogP) is 3.89. The summed E-state index contributed by atoms with van der Waals surface area (Å²) in [5.41, 5.74) is 1.57. The van der Waals surface area contributed by atoms with Gasteiger partial charge in [-0.05, 0) is 66.2 Å². The minimum Gasteiger partial charge on any atom is -0.489 e. The third-order valence-electron chi connectivity index (χ3n) is 4.31. The fourth-order valence-electron chi connectivity index (χ4n) is 2.64. The summed E-state index contributed by atoms with van der Waals surface area (Å²) in [6.07, 6.45) is 0. The van der Waals surface area contributed by atoms with E-state index in [-0.39, 0.29) is 17.3 Å². The number of halogens is 1. The van der Waals surface area contributed by atoms with Crippen molar-refractivity contribution in [3.8, 4) is 5.75 Å². The normalized spacial score (nSPS) is 11.4. The third kappa shape index (κ3) is 4.88. The van der Waals surface area contributed by atoms with Gasteiger partial charge in [-0.25, -0.2) is 17.1 Å². The van der Waals surface area contributed by atoms with Crippen LogP contribution in [0.25, 0.3) is 0 Å². The van der Waals surface area contributed by atoms with Crippen LogP contribution in [0.3, 0.4) is 0 Å². The number of nitrogens with zero attached hydrogens (tertiary/aromatic N) is 1. The zero-order valence-corrected chi connectivity index (χ0v) is 16.8. The Morgan fingerprint density at radius 1 is 0.931 bits per heavy atom. The van der Waals surface area contributed by atoms with Crippen molar-refractivity contribution in [3.05, 3.63) is 95.3 Å². The van der Waals surface area contributed by atoms with Crippen LogP contribution < -0.4 is 4.74 Å². The molecule has 0 bridgehead atoms. The molecule has 0 saturated carbocycles. The second kappa shape index (κ2) is 8.55. The highest BCUT2D eigenvalue weighted by Crippen LogP contribution is 2.19. The summed E-state index contributed by atoms with van der Waals surface area (Å²) in [6.45, 7) is 0.183. The molecule has 3 aromatic carbocycles. The van der Waals surface area contributed by atoms with Gasteiger partial charge in [0.2, 0.25) is 10.0 Å². The Labute approximate surface area is 169 Å². The monoisotopic (exact) mass is 413 g/mol. The van der Waals surface area contributed by atoms with E-state index in [9.17, 15) is 17.6 Å². The number of hydrogen-bond donors (Lipinski definition) is 0. The molecule has 150 valence electrons. The molecule has 0 fully saturated rings. The van der Waals surface area contributed by atoms with Gasteiger partial charge in [-0.2, -0.15) is 0 Å². The van der Waals surface area contributed by atoms with Crippen molar-refractivity contribution in [2.45, 2.75) is 11.5 Å². The molecule has 0 aliphatic heterocycles. The van der Waals surface area contributed by atoms with Crippen LogP contribution in [-0.4, -0.2) is 32.6 Å². The molecule has 0 N–H and O–H groups in total. The smallest absolute Gasteiger partial charge is 0.242 e. The van der Waals surface area contributed by atoms with Crippen LogP contribution in [0.2, 0.25) is 0 Å². The molecule has 0 radical (unpaired) electrons. The van der Waals surface area contributed by atoms with Gasteiger partial charge in [0, 0.05) is 25.2 Å². The predicted molar refractivity (Wildman–Crippen MR) is 108 cm³/mol. The highest BCUT2D eigenvalue weighted by Gasteiger charge is 2.17. The van der Waals surface area contributed by atoms with E-state index in [0.717, 1.165) is 4.31 Å². The molecule has 3 rings (SSSR count). The Balaban J connectivity index is 1.68. The first-order chi connectivity index (χ1) is 13.8. The van der Waals surface area contributed by atoms with E-state index in [4.69, 9.17) is 4.74 Å². The Morgan fingerprint density at radius 2 is 1.52 bits per heavy atom. The number of benzene rings is 3. The first kappa shape index (κ1) is 20.7. The van der Waals surface area contributed by atoms with E-state index < -0.39 is 15.8 Å². The van der Waals surface area contributed by atoms with E-state index in [0.29, 0.717) is 22.4 Å². The summed E-state index contributed by atoms with van der Waals surface area (Å²) in [5, 5.41) is 0. The molecule has 5 nitrogen and oxygen atoms in total. The lowest BCUT2D eigenvalue weighted by Crippen LogP contribution is -2.22. The lowest BCUT2D eigenvalue weighted by Gasteiger charge is -2.13. The summed E-state index contributed by atoms with van der Waals surface area (Å²) in [5.74, 6) is -0.0626. The molecule has 0 atom stereocenters. The lowest BCUT2D eigenvalue weighted by atomic mass is 10.0. The van der Waals surface area contributed by atoms with Gasteiger partial charge < -0.3 is 4.74 Å². The van der Waals surface area contributed by atoms with Gasteiger partial charge in [-0.3, -0.25) is 4.79 Å². The number of carbonyl (C=O) groups is 1. The number of ether oxygens (including phenoxy) is 1. The van der Waals surface area contributed by atoms with Crippen LogP contribution in [-0.2, 0) is 16.6 Å². The van der Waals surface area contributed by atoms with E-state index in [1.54, 1.807) is 42.5 Å². The summed E-state index contributed by atoms with van der Waals surface area (Å²) < 4.78 is 44.3. The third-order valence-corrected chi connectivity index (χ3v) is 6.12. The number of ketones is 1. The highest BCUT2D eigenvalue weighted by molar-refractivity contribution is 7.89. The fraction of sp³-hybridized carbons (Fsp3) is 0.136. The quantitative estimate of drug-likeness (QED) is 0.552. The molecule has 0 aromatic heterocycles. The topological polar surface area (TPSA) is 63.7 Å². The van der Waals surface area contributed by atoms with E-state index in [2.05, 4.69) is 0 Å². The maximum Gasteiger partial charge on any atom is 0.242 e. The summed E-state index contributed by atoms with van der Waals surface area (Å²) in [7, 11) is -0.551. The number of carbonyl (C=O) groups excluding carboxylic acids is 1. The van der Waals surface area contributed by atoms with Crippen LogP contribution in [0.5, 0.6) is 5.75 Å². The van der Waals surface area contributed by atoms with Gasteiger partial charge in [0.1, 0.15) is 18.2 Å². The molecular formula is C22H20FNO4S. The Hall–Kier alpha value is -3.03. The first-order valence-electron chi connectivity index (χ1n) is 8.82. The van der Waals surface area contributed by atoms with E-state index >= 15 is 0 Å². The molecule has 29 heavy (non-hydrogen) atoms. The zero-order valence-electron chi connectivity index (χ0n) is 16.0. The molecule has 3 aromatic rings. The van der Waals surface area contributed by atoms with Gasteiger partial charge in [-0.15, -0.1) is 0 Å². The minimum atomic E-state index is -3.51. The van der Waals surface area contributed by atoms with Crippen molar-refractivity contribution in [2.75, 3.05) is 14.1 Å². The minimum absolute atomic E-state index is 0.183. The average molecular weight is 413 g/mol. The van der Waals surface area contributed by atoms with Gasteiger partial charge in [0.15, 0.2) is 5.78 Å². The SMILES string of the molecule is CN(C)S(=O)(=O)c1cccc(COc2ccc(C(=O)c3ccc(F)cc3)cc2)c1. The number of sulfonamides is 1. The first-order valence-corrected chi connectivity index (χ1v) is 10.3. The molecule has 0 heterocycles.